The molecule has 1 aliphatic rings. The first-order valence-electron chi connectivity index (χ1n) is 6.50. The fraction of sp³-hybridized carbons (Fsp3) is 0.385. The second kappa shape index (κ2) is 6.13. The first-order chi connectivity index (χ1) is 9.88. The molecule has 0 radical (unpaired) electrons. The molecular weight excluding hydrogens is 296 g/mol. The fourth-order valence-electron chi connectivity index (χ4n) is 2.11. The molecule has 1 amide bonds. The number of amides is 1. The van der Waals surface area contributed by atoms with Crippen LogP contribution in [0.5, 0.6) is 0 Å². The van der Waals surface area contributed by atoms with Crippen LogP contribution in [0.25, 0.3) is 0 Å². The third kappa shape index (κ3) is 3.94. The van der Waals surface area contributed by atoms with Crippen LogP contribution in [0.4, 0.5) is 11.4 Å². The average molecular weight is 312 g/mol. The Morgan fingerprint density at radius 2 is 2.05 bits per heavy atom. The van der Waals surface area contributed by atoms with Crippen LogP contribution in [-0.2, 0) is 19.6 Å². The van der Waals surface area contributed by atoms with E-state index in [-0.39, 0.29) is 18.6 Å². The predicted octanol–water partition coefficient (Wildman–Crippen LogP) is 1.03. The Hall–Kier alpha value is -2.09. The zero-order valence-electron chi connectivity index (χ0n) is 11.3. The van der Waals surface area contributed by atoms with Crippen molar-refractivity contribution in [1.82, 2.24) is 0 Å². The van der Waals surface area contributed by atoms with Crippen molar-refractivity contribution >= 4 is 33.3 Å². The minimum absolute atomic E-state index is 0.123. The Bertz CT molecular complexity index is 656. The third-order valence-electron chi connectivity index (χ3n) is 3.08. The molecule has 114 valence electrons. The maximum absolute atomic E-state index is 11.8. The van der Waals surface area contributed by atoms with Crippen molar-refractivity contribution in [3.05, 3.63) is 24.3 Å². The van der Waals surface area contributed by atoms with Crippen LogP contribution in [0, 0.1) is 0 Å². The molecular formula is C13H16N2O5S. The average Bonchev–Trinajstić information content (AvgIpc) is 2.76. The molecule has 2 N–H and O–H groups in total. The Morgan fingerprint density at radius 1 is 1.29 bits per heavy atom. The molecule has 1 saturated heterocycles. The van der Waals surface area contributed by atoms with Gasteiger partial charge in [-0.05, 0) is 24.6 Å². The van der Waals surface area contributed by atoms with Crippen LogP contribution in [0.1, 0.15) is 19.3 Å². The highest BCUT2D eigenvalue weighted by Crippen LogP contribution is 2.26. The summed E-state index contributed by atoms with van der Waals surface area (Å²) in [5.74, 6) is -1.33. The maximum atomic E-state index is 11.8. The number of carbonyl (C=O) groups excluding carboxylic acids is 1. The summed E-state index contributed by atoms with van der Waals surface area (Å²) in [5.41, 5.74) is 0.952. The Labute approximate surface area is 122 Å². The lowest BCUT2D eigenvalue weighted by atomic mass is 10.2. The Kier molecular flexibility index (Phi) is 4.46. The van der Waals surface area contributed by atoms with Gasteiger partial charge in [-0.1, -0.05) is 6.07 Å². The number of anilines is 2. The lowest BCUT2D eigenvalue weighted by molar-refractivity contribution is -0.138. The van der Waals surface area contributed by atoms with Gasteiger partial charge in [-0.3, -0.25) is 13.9 Å². The number of hydrogen-bond acceptors (Lipinski definition) is 4. The largest absolute Gasteiger partial charge is 0.481 e. The van der Waals surface area contributed by atoms with E-state index in [9.17, 15) is 18.0 Å². The lowest BCUT2D eigenvalue weighted by Gasteiger charge is -2.17. The molecule has 0 unspecified atom stereocenters. The number of carbonyl (C=O) groups is 2. The SMILES string of the molecule is O=C(O)CCC(=O)Nc1cccc(N2CCCS2(=O)=O)c1. The summed E-state index contributed by atoms with van der Waals surface area (Å²) in [5, 5.41) is 11.1. The first-order valence-corrected chi connectivity index (χ1v) is 8.11. The van der Waals surface area contributed by atoms with Crippen molar-refractivity contribution in [2.24, 2.45) is 0 Å². The van der Waals surface area contributed by atoms with Crippen molar-refractivity contribution in [2.75, 3.05) is 21.9 Å². The molecule has 1 fully saturated rings. The maximum Gasteiger partial charge on any atom is 0.303 e. The topological polar surface area (TPSA) is 104 Å². The van der Waals surface area contributed by atoms with E-state index in [1.54, 1.807) is 24.3 Å². The van der Waals surface area contributed by atoms with Gasteiger partial charge < -0.3 is 10.4 Å². The molecule has 21 heavy (non-hydrogen) atoms. The van der Waals surface area contributed by atoms with E-state index in [4.69, 9.17) is 5.11 Å². The molecule has 0 spiro atoms. The van der Waals surface area contributed by atoms with Gasteiger partial charge in [0.1, 0.15) is 0 Å². The van der Waals surface area contributed by atoms with Gasteiger partial charge in [0.2, 0.25) is 15.9 Å². The number of nitrogens with one attached hydrogen (secondary N) is 1. The molecule has 0 aliphatic carbocycles. The van der Waals surface area contributed by atoms with E-state index in [1.165, 1.54) is 4.31 Å². The van der Waals surface area contributed by atoms with Crippen LogP contribution in [0.3, 0.4) is 0 Å². The van der Waals surface area contributed by atoms with Crippen LogP contribution in [0.2, 0.25) is 0 Å². The predicted molar refractivity (Wildman–Crippen MR) is 77.7 cm³/mol. The van der Waals surface area contributed by atoms with Crippen LogP contribution in [-0.4, -0.2) is 37.7 Å². The Balaban J connectivity index is 2.08. The van der Waals surface area contributed by atoms with Crippen molar-refractivity contribution in [1.29, 1.82) is 0 Å². The first kappa shape index (κ1) is 15.3. The molecule has 0 aromatic heterocycles. The van der Waals surface area contributed by atoms with E-state index < -0.39 is 21.9 Å². The minimum atomic E-state index is -3.26. The van der Waals surface area contributed by atoms with Gasteiger partial charge in [0, 0.05) is 18.7 Å². The van der Waals surface area contributed by atoms with E-state index in [2.05, 4.69) is 5.32 Å². The summed E-state index contributed by atoms with van der Waals surface area (Å²) in [6.45, 7) is 0.429. The van der Waals surface area contributed by atoms with E-state index in [1.807, 2.05) is 0 Å². The van der Waals surface area contributed by atoms with E-state index in [0.29, 0.717) is 24.3 Å². The van der Waals surface area contributed by atoms with E-state index in [0.717, 1.165) is 0 Å². The molecule has 2 rings (SSSR count). The quantitative estimate of drug-likeness (QED) is 0.845. The van der Waals surface area contributed by atoms with Gasteiger partial charge >= 0.3 is 5.97 Å². The highest BCUT2D eigenvalue weighted by Gasteiger charge is 2.28. The Morgan fingerprint density at radius 3 is 2.67 bits per heavy atom. The third-order valence-corrected chi connectivity index (χ3v) is 4.95. The smallest absolute Gasteiger partial charge is 0.303 e. The van der Waals surface area contributed by atoms with Crippen LogP contribution in [0.15, 0.2) is 24.3 Å². The molecule has 1 heterocycles. The number of carboxylic acids is 1. The molecule has 1 aromatic rings. The molecule has 0 bridgehead atoms. The van der Waals surface area contributed by atoms with Gasteiger partial charge in [-0.25, -0.2) is 8.42 Å². The number of sulfonamides is 1. The summed E-state index contributed by atoms with van der Waals surface area (Å²) in [6, 6.07) is 6.51. The monoisotopic (exact) mass is 312 g/mol. The van der Waals surface area contributed by atoms with Crippen molar-refractivity contribution in [3.63, 3.8) is 0 Å². The number of aliphatic carboxylic acids is 1. The summed E-state index contributed by atoms with van der Waals surface area (Å²) in [6.07, 6.45) is 0.213. The number of benzene rings is 1. The van der Waals surface area contributed by atoms with Crippen LogP contribution < -0.4 is 9.62 Å². The van der Waals surface area contributed by atoms with Gasteiger partial charge in [-0.15, -0.1) is 0 Å². The summed E-state index contributed by atoms with van der Waals surface area (Å²) in [4.78, 5) is 22.0. The second-order valence-electron chi connectivity index (χ2n) is 4.73. The molecule has 1 aromatic carbocycles. The molecule has 0 atom stereocenters. The summed E-state index contributed by atoms with van der Waals surface area (Å²) < 4.78 is 25.0. The number of nitrogens with zero attached hydrogens (tertiary/aromatic N) is 1. The van der Waals surface area contributed by atoms with Crippen molar-refractivity contribution in [2.45, 2.75) is 19.3 Å². The molecule has 0 saturated carbocycles. The van der Waals surface area contributed by atoms with Crippen molar-refractivity contribution < 1.29 is 23.1 Å². The number of hydrogen-bond donors (Lipinski definition) is 2. The number of rotatable bonds is 5. The molecule has 1 aliphatic heterocycles. The summed E-state index contributed by atoms with van der Waals surface area (Å²) in [7, 11) is -3.26. The normalized spacial score (nSPS) is 16.7. The summed E-state index contributed by atoms with van der Waals surface area (Å²) >= 11 is 0. The zero-order valence-corrected chi connectivity index (χ0v) is 12.1. The standard InChI is InChI=1S/C13H16N2O5S/c16-12(5-6-13(17)18)14-10-3-1-4-11(9-10)15-7-2-8-21(15,19)20/h1,3-4,9H,2,5-8H2,(H,14,16)(H,17,18). The molecule has 8 heteroatoms. The van der Waals surface area contributed by atoms with Gasteiger partial charge in [-0.2, -0.15) is 0 Å². The lowest BCUT2D eigenvalue weighted by Crippen LogP contribution is -2.25. The van der Waals surface area contributed by atoms with Gasteiger partial charge in [0.25, 0.3) is 0 Å². The number of carboxylic acid groups (broad SMARTS) is 1. The highest BCUT2D eigenvalue weighted by molar-refractivity contribution is 7.93. The fourth-order valence-corrected chi connectivity index (χ4v) is 3.67. The minimum Gasteiger partial charge on any atom is -0.481 e. The second-order valence-corrected chi connectivity index (χ2v) is 6.75. The molecule has 7 nitrogen and oxygen atoms in total. The zero-order chi connectivity index (χ0) is 15.5. The van der Waals surface area contributed by atoms with Gasteiger partial charge in [0.05, 0.1) is 17.9 Å². The van der Waals surface area contributed by atoms with Gasteiger partial charge in [0.15, 0.2) is 0 Å². The van der Waals surface area contributed by atoms with E-state index >= 15 is 0 Å². The van der Waals surface area contributed by atoms with Crippen molar-refractivity contribution in [3.8, 4) is 0 Å². The highest BCUT2D eigenvalue weighted by atomic mass is 32.2. The van der Waals surface area contributed by atoms with Crippen LogP contribution >= 0.6 is 0 Å².